The fraction of sp³-hybridized carbons (Fsp3) is 0.238. The molecular weight excluding hydrogens is 388 g/mol. The highest BCUT2D eigenvalue weighted by molar-refractivity contribution is 6.05. The minimum atomic E-state index is -0.646. The van der Waals surface area contributed by atoms with E-state index in [9.17, 15) is 14.4 Å². The molecule has 3 N–H and O–H groups in total. The first-order valence-corrected chi connectivity index (χ1v) is 9.54. The number of H-pyrrole nitrogens is 1. The third kappa shape index (κ3) is 4.31. The maximum atomic E-state index is 12.4. The first-order chi connectivity index (χ1) is 14.6. The van der Waals surface area contributed by atoms with E-state index in [-0.39, 0.29) is 11.8 Å². The molecule has 0 spiro atoms. The van der Waals surface area contributed by atoms with Crippen LogP contribution in [0.1, 0.15) is 33.7 Å². The molecule has 9 heteroatoms. The number of amides is 2. The van der Waals surface area contributed by atoms with Gasteiger partial charge in [0, 0.05) is 17.6 Å². The van der Waals surface area contributed by atoms with Crippen LogP contribution in [-0.2, 0) is 4.74 Å². The number of hydrazine groups is 1. The van der Waals surface area contributed by atoms with E-state index in [1.165, 1.54) is 0 Å². The highest BCUT2D eigenvalue weighted by Crippen LogP contribution is 2.17. The molecule has 0 aliphatic carbocycles. The van der Waals surface area contributed by atoms with Crippen LogP contribution in [0.2, 0.25) is 0 Å². The highest BCUT2D eigenvalue weighted by atomic mass is 16.5. The Morgan fingerprint density at radius 2 is 1.80 bits per heavy atom. The summed E-state index contributed by atoms with van der Waals surface area (Å²) in [5, 5.41) is 6.80. The lowest BCUT2D eigenvalue weighted by Crippen LogP contribution is -2.42. The van der Waals surface area contributed by atoms with Crippen molar-refractivity contribution in [3.05, 3.63) is 70.1 Å². The van der Waals surface area contributed by atoms with Crippen molar-refractivity contribution in [2.24, 2.45) is 0 Å². The predicted molar refractivity (Wildman–Crippen MR) is 108 cm³/mol. The van der Waals surface area contributed by atoms with Gasteiger partial charge in [-0.1, -0.05) is 18.2 Å². The number of carbonyl (C=O) groups excluding carboxylic acids is 2. The van der Waals surface area contributed by atoms with Gasteiger partial charge >= 0.3 is 0 Å². The SMILES string of the molecule is O=C(NNC(=O)c1n[nH]c(=O)c2ccccc12)c1ccc(OC[C@@H]2CCCO2)cc1. The van der Waals surface area contributed by atoms with Crippen molar-refractivity contribution in [2.45, 2.75) is 18.9 Å². The van der Waals surface area contributed by atoms with Gasteiger partial charge in [-0.2, -0.15) is 5.10 Å². The second-order valence-corrected chi connectivity index (χ2v) is 6.83. The van der Waals surface area contributed by atoms with Gasteiger partial charge in [0.2, 0.25) is 0 Å². The van der Waals surface area contributed by atoms with E-state index in [1.807, 2.05) is 0 Å². The molecule has 0 radical (unpaired) electrons. The number of carbonyl (C=O) groups is 2. The molecule has 0 bridgehead atoms. The molecule has 9 nitrogen and oxygen atoms in total. The molecule has 2 amide bonds. The summed E-state index contributed by atoms with van der Waals surface area (Å²) in [6, 6.07) is 13.2. The Hall–Kier alpha value is -3.72. The second-order valence-electron chi connectivity index (χ2n) is 6.83. The summed E-state index contributed by atoms with van der Waals surface area (Å²) < 4.78 is 11.2. The van der Waals surface area contributed by atoms with E-state index in [0.29, 0.717) is 28.7 Å². The van der Waals surface area contributed by atoms with Crippen LogP contribution >= 0.6 is 0 Å². The lowest BCUT2D eigenvalue weighted by molar-refractivity contribution is 0.0679. The largest absolute Gasteiger partial charge is 0.491 e. The summed E-state index contributed by atoms with van der Waals surface area (Å²) in [7, 11) is 0. The van der Waals surface area contributed by atoms with Crippen molar-refractivity contribution in [2.75, 3.05) is 13.2 Å². The Balaban J connectivity index is 1.36. The summed E-state index contributed by atoms with van der Waals surface area (Å²) in [6.07, 6.45) is 2.14. The second kappa shape index (κ2) is 8.75. The molecule has 1 atom stereocenters. The standard InChI is InChI=1S/C21H20N4O5/c26-19(13-7-9-14(10-8-13)30-12-15-4-3-11-29-15)23-25-21(28)18-16-5-1-2-6-17(16)20(27)24-22-18/h1-2,5-10,15H,3-4,11-12H2,(H,23,26)(H,24,27)(H,25,28)/t15-/m0/s1. The third-order valence-corrected chi connectivity index (χ3v) is 4.78. The number of hydrogen-bond donors (Lipinski definition) is 3. The van der Waals surface area contributed by atoms with Crippen molar-refractivity contribution >= 4 is 22.6 Å². The minimum Gasteiger partial charge on any atom is -0.491 e. The van der Waals surface area contributed by atoms with Crippen LogP contribution in [0.5, 0.6) is 5.75 Å². The first-order valence-electron chi connectivity index (χ1n) is 9.54. The van der Waals surface area contributed by atoms with Gasteiger partial charge in [0.1, 0.15) is 12.4 Å². The molecule has 154 valence electrons. The van der Waals surface area contributed by atoms with E-state index in [1.54, 1.807) is 48.5 Å². The van der Waals surface area contributed by atoms with Crippen LogP contribution in [0.15, 0.2) is 53.3 Å². The normalized spacial score (nSPS) is 15.7. The molecule has 0 saturated carbocycles. The molecule has 2 aromatic carbocycles. The molecule has 1 saturated heterocycles. The van der Waals surface area contributed by atoms with Gasteiger partial charge in [-0.25, -0.2) is 5.10 Å². The summed E-state index contributed by atoms with van der Waals surface area (Å²) in [4.78, 5) is 36.6. The van der Waals surface area contributed by atoms with Crippen LogP contribution in [0, 0.1) is 0 Å². The van der Waals surface area contributed by atoms with E-state index in [4.69, 9.17) is 9.47 Å². The Morgan fingerprint density at radius 1 is 1.07 bits per heavy atom. The number of nitrogens with zero attached hydrogens (tertiary/aromatic N) is 1. The predicted octanol–water partition coefficient (Wildman–Crippen LogP) is 1.56. The zero-order valence-corrected chi connectivity index (χ0v) is 16.0. The fourth-order valence-electron chi connectivity index (χ4n) is 3.20. The van der Waals surface area contributed by atoms with E-state index >= 15 is 0 Å². The number of ether oxygens (including phenoxy) is 2. The Bertz CT molecular complexity index is 1120. The van der Waals surface area contributed by atoms with Crippen molar-refractivity contribution in [1.29, 1.82) is 0 Å². The fourth-order valence-corrected chi connectivity index (χ4v) is 3.20. The smallest absolute Gasteiger partial charge is 0.290 e. The average Bonchev–Trinajstić information content (AvgIpc) is 3.30. The molecule has 1 aliphatic rings. The zero-order valence-electron chi connectivity index (χ0n) is 16.0. The number of hydrogen-bond acceptors (Lipinski definition) is 6. The van der Waals surface area contributed by atoms with Crippen LogP contribution < -0.4 is 21.1 Å². The molecule has 1 aliphatic heterocycles. The molecule has 4 rings (SSSR count). The van der Waals surface area contributed by atoms with E-state index in [2.05, 4.69) is 21.0 Å². The zero-order chi connectivity index (χ0) is 20.9. The number of nitrogens with one attached hydrogen (secondary N) is 3. The van der Waals surface area contributed by atoms with Gasteiger partial charge in [0.15, 0.2) is 5.69 Å². The molecule has 0 unspecified atom stereocenters. The molecule has 1 aromatic heterocycles. The highest BCUT2D eigenvalue weighted by Gasteiger charge is 2.17. The van der Waals surface area contributed by atoms with E-state index < -0.39 is 17.4 Å². The monoisotopic (exact) mass is 408 g/mol. The first kappa shape index (κ1) is 19.6. The summed E-state index contributed by atoms with van der Waals surface area (Å²) >= 11 is 0. The minimum absolute atomic E-state index is 0.00313. The Labute approximate surface area is 171 Å². The van der Waals surface area contributed by atoms with Gasteiger partial charge in [-0.05, 0) is 43.2 Å². The van der Waals surface area contributed by atoms with Crippen molar-refractivity contribution < 1.29 is 19.1 Å². The summed E-state index contributed by atoms with van der Waals surface area (Å²) in [5.41, 5.74) is 4.61. The number of benzene rings is 2. The average molecular weight is 408 g/mol. The van der Waals surface area contributed by atoms with Gasteiger partial charge in [0.25, 0.3) is 17.4 Å². The van der Waals surface area contributed by atoms with Gasteiger partial charge in [0.05, 0.1) is 11.5 Å². The summed E-state index contributed by atoms with van der Waals surface area (Å²) in [6.45, 7) is 1.24. The quantitative estimate of drug-likeness (QED) is 0.551. The maximum Gasteiger partial charge on any atom is 0.290 e. The Kier molecular flexibility index (Phi) is 5.71. The number of fused-ring (bicyclic) bond motifs is 1. The molecule has 30 heavy (non-hydrogen) atoms. The number of rotatable bonds is 5. The molecule has 2 heterocycles. The van der Waals surface area contributed by atoms with Crippen LogP contribution in [0.25, 0.3) is 10.8 Å². The van der Waals surface area contributed by atoms with Gasteiger partial charge in [-0.3, -0.25) is 25.2 Å². The lowest BCUT2D eigenvalue weighted by Gasteiger charge is -2.12. The molecular formula is C21H20N4O5. The van der Waals surface area contributed by atoms with Gasteiger partial charge < -0.3 is 9.47 Å². The van der Waals surface area contributed by atoms with Crippen molar-refractivity contribution in [3.63, 3.8) is 0 Å². The topological polar surface area (TPSA) is 122 Å². The number of aromatic nitrogens is 2. The third-order valence-electron chi connectivity index (χ3n) is 4.78. The van der Waals surface area contributed by atoms with E-state index in [0.717, 1.165) is 19.4 Å². The van der Waals surface area contributed by atoms with Crippen LogP contribution in [0.3, 0.4) is 0 Å². The molecule has 1 fully saturated rings. The van der Waals surface area contributed by atoms with Crippen LogP contribution in [0.4, 0.5) is 0 Å². The van der Waals surface area contributed by atoms with Crippen molar-refractivity contribution in [3.8, 4) is 5.75 Å². The van der Waals surface area contributed by atoms with Gasteiger partial charge in [-0.15, -0.1) is 0 Å². The lowest BCUT2D eigenvalue weighted by atomic mass is 10.1. The Morgan fingerprint density at radius 3 is 2.53 bits per heavy atom. The summed E-state index contributed by atoms with van der Waals surface area (Å²) in [5.74, 6) is -0.509. The molecule has 3 aromatic rings. The number of aromatic amines is 1. The van der Waals surface area contributed by atoms with Crippen molar-refractivity contribution in [1.82, 2.24) is 21.0 Å². The van der Waals surface area contributed by atoms with Crippen LogP contribution in [-0.4, -0.2) is 41.3 Å². The maximum absolute atomic E-state index is 12.4.